The molecule has 0 spiro atoms. The Morgan fingerprint density at radius 3 is 1.77 bits per heavy atom. The summed E-state index contributed by atoms with van der Waals surface area (Å²) >= 11 is 0. The summed E-state index contributed by atoms with van der Waals surface area (Å²) in [6, 6.07) is 3.97. The lowest BCUT2D eigenvalue weighted by atomic mass is 10.1. The summed E-state index contributed by atoms with van der Waals surface area (Å²) in [6.07, 6.45) is -3.82. The van der Waals surface area contributed by atoms with Crippen LogP contribution in [0.2, 0.25) is 0 Å². The molecule has 0 saturated carbocycles. The fraction of sp³-hybridized carbons (Fsp3) is 0.625. The molecule has 6 heteroatoms. The molecule has 0 aliphatic carbocycles. The van der Waals surface area contributed by atoms with Gasteiger partial charge in [0.2, 0.25) is 0 Å². The molecule has 22 heavy (non-hydrogen) atoms. The van der Waals surface area contributed by atoms with Crippen LogP contribution in [0.4, 0.5) is 13.2 Å². The van der Waals surface area contributed by atoms with Crippen LogP contribution in [0.5, 0.6) is 11.5 Å². The van der Waals surface area contributed by atoms with E-state index in [1.165, 1.54) is 12.1 Å². The number of unbranched alkanes of at least 4 members (excludes halogenated alkanes) is 2. The molecule has 3 nitrogen and oxygen atoms in total. The second-order valence-corrected chi connectivity index (χ2v) is 5.09. The van der Waals surface area contributed by atoms with Gasteiger partial charge in [0.05, 0.1) is 13.2 Å². The molecule has 0 saturated heterocycles. The van der Waals surface area contributed by atoms with Crippen LogP contribution in [0, 0.1) is 0 Å². The number of aliphatic hydroxyl groups is 1. The van der Waals surface area contributed by atoms with Crippen LogP contribution in [0.25, 0.3) is 0 Å². The predicted molar refractivity (Wildman–Crippen MR) is 78.3 cm³/mol. The Morgan fingerprint density at radius 1 is 0.955 bits per heavy atom. The van der Waals surface area contributed by atoms with Gasteiger partial charge in [0.1, 0.15) is 11.5 Å². The van der Waals surface area contributed by atoms with Crippen molar-refractivity contribution in [3.8, 4) is 11.5 Å². The Morgan fingerprint density at radius 2 is 1.41 bits per heavy atom. The first kappa shape index (κ1) is 18.6. The molecule has 126 valence electrons. The molecule has 1 aromatic rings. The Labute approximate surface area is 129 Å². The van der Waals surface area contributed by atoms with E-state index in [-0.39, 0.29) is 17.1 Å². The SMILES string of the molecule is CCCCOc1cc(OCCCC)cc(C(O)C(F)(F)F)c1. The lowest BCUT2D eigenvalue weighted by Gasteiger charge is -2.17. The molecule has 0 bridgehead atoms. The minimum absolute atomic E-state index is 0.270. The minimum atomic E-state index is -4.72. The molecule has 1 atom stereocenters. The zero-order chi connectivity index (χ0) is 16.6. The fourth-order valence-corrected chi connectivity index (χ4v) is 1.78. The maximum atomic E-state index is 12.7. The van der Waals surface area contributed by atoms with Gasteiger partial charge < -0.3 is 14.6 Å². The third kappa shape index (κ3) is 6.13. The van der Waals surface area contributed by atoms with Crippen molar-refractivity contribution >= 4 is 0 Å². The van der Waals surface area contributed by atoms with E-state index in [2.05, 4.69) is 0 Å². The quantitative estimate of drug-likeness (QED) is 0.674. The molecule has 1 aromatic carbocycles. The van der Waals surface area contributed by atoms with E-state index in [0.717, 1.165) is 25.7 Å². The van der Waals surface area contributed by atoms with Gasteiger partial charge in [0, 0.05) is 6.07 Å². The average Bonchev–Trinajstić information content (AvgIpc) is 2.46. The molecule has 0 heterocycles. The number of hydrogen-bond donors (Lipinski definition) is 1. The highest BCUT2D eigenvalue weighted by Gasteiger charge is 2.39. The zero-order valence-electron chi connectivity index (χ0n) is 12.9. The van der Waals surface area contributed by atoms with Gasteiger partial charge >= 0.3 is 6.18 Å². The molecule has 0 aliphatic rings. The molecule has 0 aromatic heterocycles. The van der Waals surface area contributed by atoms with Gasteiger partial charge in [-0.3, -0.25) is 0 Å². The summed E-state index contributed by atoms with van der Waals surface area (Å²) in [4.78, 5) is 0. The molecule has 0 radical (unpaired) electrons. The van der Waals surface area contributed by atoms with E-state index >= 15 is 0 Å². The van der Waals surface area contributed by atoms with Crippen LogP contribution in [0.1, 0.15) is 51.2 Å². The highest BCUT2D eigenvalue weighted by atomic mass is 19.4. The summed E-state index contributed by atoms with van der Waals surface area (Å²) in [6.45, 7) is 4.81. The van der Waals surface area contributed by atoms with E-state index in [1.54, 1.807) is 6.07 Å². The molecule has 0 fully saturated rings. The lowest BCUT2D eigenvalue weighted by Crippen LogP contribution is -2.20. The molecule has 1 rings (SSSR count). The predicted octanol–water partition coefficient (Wildman–Crippen LogP) is 4.64. The van der Waals surface area contributed by atoms with Gasteiger partial charge in [-0.15, -0.1) is 0 Å². The Bertz CT molecular complexity index is 419. The summed E-state index contributed by atoms with van der Waals surface area (Å²) in [5.74, 6) is 0.557. The second-order valence-electron chi connectivity index (χ2n) is 5.09. The molecule has 0 amide bonds. The molecular weight excluding hydrogens is 297 g/mol. The molecular formula is C16H23F3O3. The van der Waals surface area contributed by atoms with Crippen molar-refractivity contribution in [2.24, 2.45) is 0 Å². The standard InChI is InChI=1S/C16H23F3O3/c1-3-5-7-21-13-9-12(15(20)16(17,18)19)10-14(11-13)22-8-6-4-2/h9-11,15,20H,3-8H2,1-2H3. The number of halogens is 3. The first-order valence-electron chi connectivity index (χ1n) is 7.53. The van der Waals surface area contributed by atoms with Crippen molar-refractivity contribution in [1.29, 1.82) is 0 Å². The van der Waals surface area contributed by atoms with Crippen LogP contribution < -0.4 is 9.47 Å². The number of benzene rings is 1. The smallest absolute Gasteiger partial charge is 0.418 e. The summed E-state index contributed by atoms with van der Waals surface area (Å²) in [7, 11) is 0. The summed E-state index contributed by atoms with van der Waals surface area (Å²) < 4.78 is 48.9. The fourth-order valence-electron chi connectivity index (χ4n) is 1.78. The van der Waals surface area contributed by atoms with Crippen molar-refractivity contribution in [2.45, 2.75) is 51.8 Å². The Kier molecular flexibility index (Phi) is 7.51. The van der Waals surface area contributed by atoms with Crippen molar-refractivity contribution in [2.75, 3.05) is 13.2 Å². The monoisotopic (exact) mass is 320 g/mol. The van der Waals surface area contributed by atoms with Crippen LogP contribution in [0.15, 0.2) is 18.2 Å². The highest BCUT2D eigenvalue weighted by molar-refractivity contribution is 5.39. The van der Waals surface area contributed by atoms with Crippen LogP contribution in [0.3, 0.4) is 0 Å². The minimum Gasteiger partial charge on any atom is -0.493 e. The van der Waals surface area contributed by atoms with E-state index in [0.29, 0.717) is 13.2 Å². The number of ether oxygens (including phenoxy) is 2. The van der Waals surface area contributed by atoms with Gasteiger partial charge in [-0.2, -0.15) is 13.2 Å². The summed E-state index contributed by atoms with van der Waals surface area (Å²) in [5, 5.41) is 9.41. The molecule has 0 aliphatic heterocycles. The normalized spacial score (nSPS) is 13.0. The zero-order valence-corrected chi connectivity index (χ0v) is 12.9. The van der Waals surface area contributed by atoms with Gasteiger partial charge in [-0.1, -0.05) is 26.7 Å². The molecule has 1 unspecified atom stereocenters. The highest BCUT2D eigenvalue weighted by Crippen LogP contribution is 2.36. The first-order chi connectivity index (χ1) is 10.4. The van der Waals surface area contributed by atoms with E-state index in [1.807, 2.05) is 13.8 Å². The van der Waals surface area contributed by atoms with Crippen LogP contribution in [-0.4, -0.2) is 24.5 Å². The Balaban J connectivity index is 2.93. The van der Waals surface area contributed by atoms with Crippen molar-refractivity contribution in [3.63, 3.8) is 0 Å². The van der Waals surface area contributed by atoms with Crippen LogP contribution >= 0.6 is 0 Å². The number of alkyl halides is 3. The average molecular weight is 320 g/mol. The van der Waals surface area contributed by atoms with E-state index in [9.17, 15) is 18.3 Å². The van der Waals surface area contributed by atoms with Crippen molar-refractivity contribution in [1.82, 2.24) is 0 Å². The molecule has 1 N–H and O–H groups in total. The van der Waals surface area contributed by atoms with Crippen molar-refractivity contribution < 1.29 is 27.8 Å². The summed E-state index contributed by atoms with van der Waals surface area (Å²) in [5.41, 5.74) is -0.270. The van der Waals surface area contributed by atoms with E-state index < -0.39 is 12.3 Å². The largest absolute Gasteiger partial charge is 0.493 e. The lowest BCUT2D eigenvalue weighted by molar-refractivity contribution is -0.206. The number of rotatable bonds is 9. The first-order valence-corrected chi connectivity index (χ1v) is 7.53. The third-order valence-electron chi connectivity index (χ3n) is 3.06. The second kappa shape index (κ2) is 8.88. The van der Waals surface area contributed by atoms with Crippen molar-refractivity contribution in [3.05, 3.63) is 23.8 Å². The van der Waals surface area contributed by atoms with Gasteiger partial charge in [-0.05, 0) is 30.5 Å². The van der Waals surface area contributed by atoms with Gasteiger partial charge in [0.25, 0.3) is 0 Å². The van der Waals surface area contributed by atoms with Crippen LogP contribution in [-0.2, 0) is 0 Å². The number of aliphatic hydroxyl groups excluding tert-OH is 1. The number of hydrogen-bond acceptors (Lipinski definition) is 3. The topological polar surface area (TPSA) is 38.7 Å². The third-order valence-corrected chi connectivity index (χ3v) is 3.06. The van der Waals surface area contributed by atoms with E-state index in [4.69, 9.17) is 9.47 Å². The van der Waals surface area contributed by atoms with Gasteiger partial charge in [0.15, 0.2) is 6.10 Å². The Hall–Kier alpha value is -1.43. The maximum absolute atomic E-state index is 12.7. The van der Waals surface area contributed by atoms with Gasteiger partial charge in [-0.25, -0.2) is 0 Å². The maximum Gasteiger partial charge on any atom is 0.418 e.